The van der Waals surface area contributed by atoms with E-state index in [-0.39, 0.29) is 30.4 Å². The average Bonchev–Trinajstić information content (AvgIpc) is 3.03. The lowest BCUT2D eigenvalue weighted by molar-refractivity contribution is -0.137. The molecule has 0 saturated carbocycles. The van der Waals surface area contributed by atoms with E-state index >= 15 is 0 Å². The molecule has 1 aliphatic heterocycles. The van der Waals surface area contributed by atoms with Gasteiger partial charge in [-0.2, -0.15) is 4.98 Å². The van der Waals surface area contributed by atoms with Gasteiger partial charge in [-0.3, -0.25) is 9.32 Å². The van der Waals surface area contributed by atoms with Gasteiger partial charge in [0.25, 0.3) is 5.91 Å². The van der Waals surface area contributed by atoms with Crippen molar-refractivity contribution in [2.45, 2.75) is 38.6 Å². The Hall–Kier alpha value is -2.44. The Kier molecular flexibility index (Phi) is 5.08. The van der Waals surface area contributed by atoms with Crippen molar-refractivity contribution in [3.8, 4) is 6.08 Å². The van der Waals surface area contributed by atoms with Gasteiger partial charge in [-0.1, -0.05) is 17.3 Å². The summed E-state index contributed by atoms with van der Waals surface area (Å²) in [6.45, 7) is 2.70. The molecule has 0 spiro atoms. The Labute approximate surface area is 139 Å². The molecule has 1 atom stereocenters. The van der Waals surface area contributed by atoms with E-state index in [4.69, 9.17) is 9.26 Å². The number of rotatable bonds is 5. The molecule has 2 aromatic rings. The molecule has 1 aromatic heterocycles. The number of hydrogen-bond donors (Lipinski definition) is 0. The van der Waals surface area contributed by atoms with E-state index in [0.29, 0.717) is 12.2 Å². The van der Waals surface area contributed by atoms with Crippen molar-refractivity contribution in [2.24, 2.45) is 0 Å². The second kappa shape index (κ2) is 7.42. The van der Waals surface area contributed by atoms with Crippen molar-refractivity contribution in [2.75, 3.05) is 13.2 Å². The highest BCUT2D eigenvalue weighted by atomic mass is 19.1. The summed E-state index contributed by atoms with van der Waals surface area (Å²) in [5.74, 6) is 0.0669. The van der Waals surface area contributed by atoms with Crippen molar-refractivity contribution in [3.63, 3.8) is 0 Å². The zero-order valence-electron chi connectivity index (χ0n) is 13.6. The monoisotopic (exact) mass is 333 g/mol. The topological polar surface area (TPSA) is 68.5 Å². The summed E-state index contributed by atoms with van der Waals surface area (Å²) in [5.41, 5.74) is 0.863. The Bertz CT molecular complexity index is 687. The van der Waals surface area contributed by atoms with Crippen LogP contribution in [0.4, 0.5) is 4.39 Å². The first-order valence-electron chi connectivity index (χ1n) is 8.11. The minimum Gasteiger partial charge on any atom is -0.439 e. The van der Waals surface area contributed by atoms with E-state index in [9.17, 15) is 9.18 Å². The molecular formula is C17H20FN3O3. The van der Waals surface area contributed by atoms with Gasteiger partial charge < -0.3 is 9.64 Å². The molecular weight excluding hydrogens is 313 g/mol. The van der Waals surface area contributed by atoms with Gasteiger partial charge in [-0.15, -0.1) is 0 Å². The summed E-state index contributed by atoms with van der Waals surface area (Å²) in [5, 5.41) is 3.81. The van der Waals surface area contributed by atoms with Gasteiger partial charge >= 0.3 is 6.08 Å². The second-order valence-electron chi connectivity index (χ2n) is 6.00. The van der Waals surface area contributed by atoms with Crippen LogP contribution in [0, 0.1) is 5.82 Å². The fraction of sp³-hybridized carbons (Fsp3) is 0.471. The summed E-state index contributed by atoms with van der Waals surface area (Å²) < 4.78 is 23.2. The number of carbonyl (C=O) groups excluding carboxylic acids is 1. The quantitative estimate of drug-likeness (QED) is 0.841. The number of carbonyl (C=O) groups is 1. The molecule has 6 nitrogen and oxygen atoms in total. The predicted molar refractivity (Wildman–Crippen MR) is 84.0 cm³/mol. The van der Waals surface area contributed by atoms with Crippen LogP contribution in [0.25, 0.3) is 0 Å². The minimum atomic E-state index is -0.290. The number of benzene rings is 1. The molecule has 0 radical (unpaired) electrons. The van der Waals surface area contributed by atoms with Crippen LogP contribution in [0.15, 0.2) is 28.8 Å². The van der Waals surface area contributed by atoms with E-state index in [1.54, 1.807) is 12.1 Å². The molecule has 3 rings (SSSR count). The number of ether oxygens (including phenoxy) is 1. The molecule has 1 aliphatic rings. The molecule has 7 heteroatoms. The molecule has 24 heavy (non-hydrogen) atoms. The van der Waals surface area contributed by atoms with Crippen LogP contribution in [-0.4, -0.2) is 40.1 Å². The molecule has 1 aromatic carbocycles. The average molecular weight is 333 g/mol. The van der Waals surface area contributed by atoms with E-state index in [0.717, 1.165) is 31.4 Å². The Morgan fingerprint density at radius 2 is 2.17 bits per heavy atom. The van der Waals surface area contributed by atoms with Crippen LogP contribution < -0.4 is 4.74 Å². The third-order valence-electron chi connectivity index (χ3n) is 4.17. The summed E-state index contributed by atoms with van der Waals surface area (Å²) in [7, 11) is 0. The lowest BCUT2D eigenvalue weighted by atomic mass is 10.0. The highest BCUT2D eigenvalue weighted by molar-refractivity contribution is 5.78. The molecule has 1 fully saturated rings. The lowest BCUT2D eigenvalue weighted by Crippen LogP contribution is -2.44. The number of hydrogen-bond acceptors (Lipinski definition) is 5. The summed E-state index contributed by atoms with van der Waals surface area (Å²) in [6, 6.07) is 6.32. The molecule has 0 N–H and O–H groups in total. The van der Waals surface area contributed by atoms with Gasteiger partial charge in [0.15, 0.2) is 12.4 Å². The smallest absolute Gasteiger partial charge is 0.417 e. The van der Waals surface area contributed by atoms with Crippen molar-refractivity contribution in [1.29, 1.82) is 0 Å². The van der Waals surface area contributed by atoms with E-state index in [1.165, 1.54) is 12.1 Å². The number of nitrogens with zero attached hydrogens (tertiary/aromatic N) is 3. The molecule has 2 heterocycles. The predicted octanol–water partition coefficient (Wildman–Crippen LogP) is 2.58. The number of piperidine rings is 1. The highest BCUT2D eigenvalue weighted by Gasteiger charge is 2.24. The minimum absolute atomic E-state index is 0.0230. The Morgan fingerprint density at radius 3 is 2.92 bits per heavy atom. The van der Waals surface area contributed by atoms with E-state index in [2.05, 4.69) is 10.1 Å². The third-order valence-corrected chi connectivity index (χ3v) is 4.17. The maximum absolute atomic E-state index is 12.9. The largest absolute Gasteiger partial charge is 0.439 e. The molecule has 0 bridgehead atoms. The van der Waals surface area contributed by atoms with Crippen molar-refractivity contribution >= 4 is 5.91 Å². The van der Waals surface area contributed by atoms with Crippen LogP contribution in [0.5, 0.6) is 6.08 Å². The second-order valence-corrected chi connectivity index (χ2v) is 6.00. The standard InChI is InChI=1S/C17H20FN3O3/c1-12-4-2-3-9-21(12)16(22)11-23-17-19-15(20-24-17)10-13-5-7-14(18)8-6-13/h5-8,12H,2-4,9-11H2,1H3/t12-/m0/s1. The zero-order chi connectivity index (χ0) is 16.9. The number of amides is 1. The molecule has 0 unspecified atom stereocenters. The summed E-state index contributed by atoms with van der Waals surface area (Å²) in [6.07, 6.45) is 3.59. The molecule has 1 saturated heterocycles. The maximum atomic E-state index is 12.9. The van der Waals surface area contributed by atoms with Crippen LogP contribution in [-0.2, 0) is 11.2 Å². The van der Waals surface area contributed by atoms with Crippen LogP contribution in [0.3, 0.4) is 0 Å². The molecule has 1 amide bonds. The van der Waals surface area contributed by atoms with E-state index < -0.39 is 0 Å². The van der Waals surface area contributed by atoms with Gasteiger partial charge in [0.05, 0.1) is 0 Å². The van der Waals surface area contributed by atoms with Gasteiger partial charge in [0.1, 0.15) is 5.82 Å². The van der Waals surface area contributed by atoms with Crippen molar-refractivity contribution in [1.82, 2.24) is 15.0 Å². The fourth-order valence-corrected chi connectivity index (χ4v) is 2.83. The molecule has 128 valence electrons. The van der Waals surface area contributed by atoms with Crippen LogP contribution >= 0.6 is 0 Å². The zero-order valence-corrected chi connectivity index (χ0v) is 13.6. The number of halogens is 1. The first-order chi connectivity index (χ1) is 11.6. The van der Waals surface area contributed by atoms with E-state index in [1.807, 2.05) is 11.8 Å². The number of aromatic nitrogens is 2. The lowest BCUT2D eigenvalue weighted by Gasteiger charge is -2.33. The number of likely N-dealkylation sites (tertiary alicyclic amines) is 1. The highest BCUT2D eigenvalue weighted by Crippen LogP contribution is 2.17. The Balaban J connectivity index is 1.52. The summed E-state index contributed by atoms with van der Waals surface area (Å²) in [4.78, 5) is 18.1. The normalized spacial score (nSPS) is 17.8. The van der Waals surface area contributed by atoms with Gasteiger partial charge in [-0.25, -0.2) is 4.39 Å². The van der Waals surface area contributed by atoms with Crippen molar-refractivity contribution < 1.29 is 18.4 Å². The van der Waals surface area contributed by atoms with Gasteiger partial charge in [0.2, 0.25) is 0 Å². The fourth-order valence-electron chi connectivity index (χ4n) is 2.83. The SMILES string of the molecule is C[C@H]1CCCCN1C(=O)COc1nc(Cc2ccc(F)cc2)no1. The third kappa shape index (κ3) is 4.10. The maximum Gasteiger partial charge on any atom is 0.417 e. The van der Waals surface area contributed by atoms with Crippen LogP contribution in [0.2, 0.25) is 0 Å². The van der Waals surface area contributed by atoms with Crippen LogP contribution in [0.1, 0.15) is 37.6 Å². The first-order valence-corrected chi connectivity index (χ1v) is 8.11. The molecule has 0 aliphatic carbocycles. The van der Waals surface area contributed by atoms with Crippen molar-refractivity contribution in [3.05, 3.63) is 41.5 Å². The first kappa shape index (κ1) is 16.4. The van der Waals surface area contributed by atoms with Gasteiger partial charge in [-0.05, 0) is 43.9 Å². The van der Waals surface area contributed by atoms with Gasteiger partial charge in [0, 0.05) is 19.0 Å². The Morgan fingerprint density at radius 1 is 1.38 bits per heavy atom. The summed E-state index contributed by atoms with van der Waals surface area (Å²) >= 11 is 0.